The van der Waals surface area contributed by atoms with Gasteiger partial charge in [0, 0.05) is 18.7 Å². The molecule has 2 aromatic carbocycles. The highest BCUT2D eigenvalue weighted by molar-refractivity contribution is 5.65. The van der Waals surface area contributed by atoms with Gasteiger partial charge in [-0.2, -0.15) is 0 Å². The molecule has 0 radical (unpaired) electrons. The molecule has 0 bridgehead atoms. The van der Waals surface area contributed by atoms with Crippen LogP contribution in [-0.2, 0) is 6.54 Å². The monoisotopic (exact) mass is 422 g/mol. The van der Waals surface area contributed by atoms with Gasteiger partial charge in [-0.1, -0.05) is 18.6 Å². The Kier molecular flexibility index (Phi) is 6.47. The highest BCUT2D eigenvalue weighted by atomic mass is 16.5. The molecule has 6 nitrogen and oxygen atoms in total. The number of nitrogens with zero attached hydrogens (tertiary/aromatic N) is 2. The molecule has 1 aliphatic rings. The number of ether oxygens (including phenoxy) is 3. The van der Waals surface area contributed by atoms with E-state index in [0.29, 0.717) is 17.7 Å². The number of rotatable bonds is 7. The zero-order valence-corrected chi connectivity index (χ0v) is 18.7. The van der Waals surface area contributed by atoms with E-state index in [1.54, 1.807) is 21.3 Å². The fourth-order valence-electron chi connectivity index (χ4n) is 4.26. The predicted molar refractivity (Wildman–Crippen MR) is 120 cm³/mol. The van der Waals surface area contributed by atoms with E-state index in [4.69, 9.17) is 23.6 Å². The normalized spacial score (nSPS) is 16.8. The Morgan fingerprint density at radius 2 is 1.81 bits per heavy atom. The lowest BCUT2D eigenvalue weighted by Gasteiger charge is -2.35. The highest BCUT2D eigenvalue weighted by Gasteiger charge is 2.26. The average Bonchev–Trinajstić information content (AvgIpc) is 3.18. The summed E-state index contributed by atoms with van der Waals surface area (Å²) in [5.74, 6) is 3.72. The first-order valence-electron chi connectivity index (χ1n) is 10.7. The number of hydrogen-bond acceptors (Lipinski definition) is 6. The zero-order chi connectivity index (χ0) is 21.8. The number of likely N-dealkylation sites (tertiary alicyclic amines) is 1. The summed E-state index contributed by atoms with van der Waals surface area (Å²) in [6.45, 7) is 3.76. The van der Waals surface area contributed by atoms with E-state index in [9.17, 15) is 0 Å². The van der Waals surface area contributed by atoms with Crippen molar-refractivity contribution in [3.8, 4) is 28.7 Å². The second-order valence-corrected chi connectivity index (χ2v) is 7.85. The lowest BCUT2D eigenvalue weighted by Crippen LogP contribution is -2.33. The topological polar surface area (TPSA) is 57.0 Å². The van der Waals surface area contributed by atoms with Crippen LogP contribution in [0.2, 0.25) is 0 Å². The lowest BCUT2D eigenvalue weighted by atomic mass is 9.95. The molecular weight excluding hydrogens is 392 g/mol. The maximum absolute atomic E-state index is 6.06. The van der Waals surface area contributed by atoms with E-state index in [1.165, 1.54) is 18.4 Å². The number of hydrogen-bond donors (Lipinski definition) is 0. The van der Waals surface area contributed by atoms with Gasteiger partial charge in [-0.05, 0) is 56.1 Å². The fraction of sp³-hybridized carbons (Fsp3) is 0.400. The summed E-state index contributed by atoms with van der Waals surface area (Å²) in [7, 11) is 4.99. The molecule has 4 rings (SSSR count). The molecule has 0 amide bonds. The molecule has 2 heterocycles. The molecular formula is C25H30N2O4. The summed E-state index contributed by atoms with van der Waals surface area (Å²) >= 11 is 0. The maximum Gasteiger partial charge on any atom is 0.230 e. The molecule has 1 fully saturated rings. The van der Waals surface area contributed by atoms with Crippen LogP contribution in [0.4, 0.5) is 0 Å². The first kappa shape index (κ1) is 21.2. The second-order valence-electron chi connectivity index (χ2n) is 7.85. The van der Waals surface area contributed by atoms with Crippen molar-refractivity contribution in [3.05, 3.63) is 59.5 Å². The SMILES string of the molecule is COc1cccc([C@H]2CCCCN2Cc2nc(-c3ccc(OC)cc3OC)oc2C)c1. The first-order chi connectivity index (χ1) is 15.1. The maximum atomic E-state index is 6.06. The van der Waals surface area contributed by atoms with Crippen molar-refractivity contribution >= 4 is 0 Å². The number of aryl methyl sites for hydroxylation is 1. The fourth-order valence-corrected chi connectivity index (χ4v) is 4.26. The van der Waals surface area contributed by atoms with Crippen LogP contribution < -0.4 is 14.2 Å². The molecule has 31 heavy (non-hydrogen) atoms. The Bertz CT molecular complexity index is 1030. The van der Waals surface area contributed by atoms with Gasteiger partial charge >= 0.3 is 0 Å². The van der Waals surface area contributed by atoms with Crippen molar-refractivity contribution in [3.63, 3.8) is 0 Å². The molecule has 0 spiro atoms. The molecule has 1 saturated heterocycles. The largest absolute Gasteiger partial charge is 0.497 e. The van der Waals surface area contributed by atoms with Gasteiger partial charge < -0.3 is 18.6 Å². The van der Waals surface area contributed by atoms with E-state index in [0.717, 1.165) is 48.0 Å². The summed E-state index contributed by atoms with van der Waals surface area (Å²) in [4.78, 5) is 7.34. The van der Waals surface area contributed by atoms with Crippen LogP contribution in [0.15, 0.2) is 46.9 Å². The molecule has 0 N–H and O–H groups in total. The molecule has 0 unspecified atom stereocenters. The predicted octanol–water partition coefficient (Wildman–Crippen LogP) is 5.40. The molecule has 0 aliphatic carbocycles. The van der Waals surface area contributed by atoms with E-state index in [1.807, 2.05) is 31.2 Å². The van der Waals surface area contributed by atoms with Gasteiger partial charge in [0.15, 0.2) is 0 Å². The number of aromatic nitrogens is 1. The second kappa shape index (κ2) is 9.43. The van der Waals surface area contributed by atoms with Gasteiger partial charge in [0.25, 0.3) is 0 Å². The highest BCUT2D eigenvalue weighted by Crippen LogP contribution is 2.36. The van der Waals surface area contributed by atoms with Gasteiger partial charge in [0.05, 0.1) is 32.6 Å². The molecule has 6 heteroatoms. The minimum Gasteiger partial charge on any atom is -0.497 e. The smallest absolute Gasteiger partial charge is 0.230 e. The van der Waals surface area contributed by atoms with Crippen molar-refractivity contribution in [1.29, 1.82) is 0 Å². The summed E-state index contributed by atoms with van der Waals surface area (Å²) in [5.41, 5.74) is 3.07. The first-order valence-corrected chi connectivity index (χ1v) is 10.7. The Morgan fingerprint density at radius 1 is 1.00 bits per heavy atom. The van der Waals surface area contributed by atoms with Gasteiger partial charge in [0.1, 0.15) is 23.0 Å². The molecule has 164 valence electrons. The number of oxazole rings is 1. The number of methoxy groups -OCH3 is 3. The average molecular weight is 423 g/mol. The van der Waals surface area contributed by atoms with Crippen LogP contribution in [0.25, 0.3) is 11.5 Å². The summed E-state index contributed by atoms with van der Waals surface area (Å²) in [6.07, 6.45) is 3.55. The molecule has 0 saturated carbocycles. The Hall–Kier alpha value is -2.99. The Labute approximate surface area is 183 Å². The van der Waals surface area contributed by atoms with Crippen LogP contribution in [-0.4, -0.2) is 37.8 Å². The lowest BCUT2D eigenvalue weighted by molar-refractivity contribution is 0.138. The molecule has 1 atom stereocenters. The van der Waals surface area contributed by atoms with Crippen LogP contribution in [0.3, 0.4) is 0 Å². The van der Waals surface area contributed by atoms with Gasteiger partial charge in [0.2, 0.25) is 5.89 Å². The van der Waals surface area contributed by atoms with E-state index in [2.05, 4.69) is 23.1 Å². The standard InChI is InChI=1S/C25H30N2O4/c1-17-22(26-25(31-17)21-12-11-20(29-3)15-24(21)30-4)16-27-13-6-5-10-23(27)18-8-7-9-19(14-18)28-2/h7-9,11-12,14-15,23H,5-6,10,13,16H2,1-4H3/t23-/m1/s1. The van der Waals surface area contributed by atoms with Crippen molar-refractivity contribution in [1.82, 2.24) is 9.88 Å². The van der Waals surface area contributed by atoms with Crippen molar-refractivity contribution in [2.75, 3.05) is 27.9 Å². The Morgan fingerprint density at radius 3 is 2.58 bits per heavy atom. The minimum absolute atomic E-state index is 0.346. The molecule has 3 aromatic rings. The molecule has 1 aliphatic heterocycles. The Balaban J connectivity index is 1.60. The van der Waals surface area contributed by atoms with Crippen LogP contribution in [0.1, 0.15) is 42.3 Å². The third-order valence-corrected chi connectivity index (χ3v) is 5.98. The number of piperidine rings is 1. The summed E-state index contributed by atoms with van der Waals surface area (Å²) < 4.78 is 22.3. The van der Waals surface area contributed by atoms with E-state index in [-0.39, 0.29) is 0 Å². The molecule has 1 aromatic heterocycles. The van der Waals surface area contributed by atoms with Gasteiger partial charge in [-0.25, -0.2) is 4.98 Å². The third kappa shape index (κ3) is 4.54. The van der Waals surface area contributed by atoms with Gasteiger partial charge in [-0.3, -0.25) is 4.90 Å². The summed E-state index contributed by atoms with van der Waals surface area (Å²) in [6, 6.07) is 14.4. The van der Waals surface area contributed by atoms with Crippen LogP contribution >= 0.6 is 0 Å². The van der Waals surface area contributed by atoms with E-state index < -0.39 is 0 Å². The minimum atomic E-state index is 0.346. The van der Waals surface area contributed by atoms with Crippen LogP contribution in [0, 0.1) is 6.92 Å². The van der Waals surface area contributed by atoms with Crippen molar-refractivity contribution in [2.45, 2.75) is 38.8 Å². The summed E-state index contributed by atoms with van der Waals surface area (Å²) in [5, 5.41) is 0. The van der Waals surface area contributed by atoms with Crippen molar-refractivity contribution in [2.24, 2.45) is 0 Å². The van der Waals surface area contributed by atoms with Crippen LogP contribution in [0.5, 0.6) is 17.2 Å². The van der Waals surface area contributed by atoms with E-state index >= 15 is 0 Å². The van der Waals surface area contributed by atoms with Gasteiger partial charge in [-0.15, -0.1) is 0 Å². The quantitative estimate of drug-likeness (QED) is 0.508. The number of benzene rings is 2. The third-order valence-electron chi connectivity index (χ3n) is 5.98. The van der Waals surface area contributed by atoms with Crippen molar-refractivity contribution < 1.29 is 18.6 Å². The zero-order valence-electron chi connectivity index (χ0n) is 18.7.